The first kappa shape index (κ1) is 47.3. The topological polar surface area (TPSA) is 135 Å². The molecule has 0 bridgehead atoms. The van der Waals surface area contributed by atoms with E-state index in [-0.39, 0.29) is 11.9 Å². The summed E-state index contributed by atoms with van der Waals surface area (Å²) in [5.74, 6) is 2.10. The SMILES string of the molecule is CCOC(=O)c1cc2c(NCc3ccc(Cl)cc3Cl)nc(N3CCC(CCN4CCCC4)CC3)nc2s1.CCOC(=O)c1cc2c(NCc3ccc(Cl)cc3Cl)nc(SC)nc2s1. The minimum atomic E-state index is -0.354. The van der Waals surface area contributed by atoms with Crippen molar-refractivity contribution in [3.8, 4) is 0 Å². The van der Waals surface area contributed by atoms with Gasteiger partial charge in [-0.3, -0.25) is 0 Å². The lowest BCUT2D eigenvalue weighted by Gasteiger charge is -2.33. The van der Waals surface area contributed by atoms with Crippen molar-refractivity contribution in [3.05, 3.63) is 89.5 Å². The number of nitrogens with zero attached hydrogens (tertiary/aromatic N) is 6. The molecule has 19 heteroatoms. The van der Waals surface area contributed by atoms with E-state index < -0.39 is 0 Å². The molecule has 2 N–H and O–H groups in total. The zero-order chi connectivity index (χ0) is 44.5. The molecule has 0 aliphatic carbocycles. The summed E-state index contributed by atoms with van der Waals surface area (Å²) in [6.07, 6.45) is 8.17. The minimum Gasteiger partial charge on any atom is -0.462 e. The number of ether oxygens (including phenoxy) is 2. The van der Waals surface area contributed by atoms with Gasteiger partial charge in [-0.05, 0) is 125 Å². The highest BCUT2D eigenvalue weighted by Crippen LogP contribution is 2.35. The van der Waals surface area contributed by atoms with Crippen LogP contribution in [0.5, 0.6) is 0 Å². The summed E-state index contributed by atoms with van der Waals surface area (Å²) in [7, 11) is 0. The van der Waals surface area contributed by atoms with Gasteiger partial charge in [-0.15, -0.1) is 22.7 Å². The maximum absolute atomic E-state index is 12.4. The number of esters is 2. The van der Waals surface area contributed by atoms with Crippen molar-refractivity contribution in [1.82, 2.24) is 24.8 Å². The Morgan fingerprint density at radius 1 is 0.730 bits per heavy atom. The first-order chi connectivity index (χ1) is 30.5. The number of anilines is 3. The number of aromatic nitrogens is 4. The van der Waals surface area contributed by atoms with Crippen molar-refractivity contribution in [1.29, 1.82) is 0 Å². The Morgan fingerprint density at radius 3 is 1.76 bits per heavy atom. The average Bonchev–Trinajstić information content (AvgIpc) is 4.06. The molecule has 0 amide bonds. The highest BCUT2D eigenvalue weighted by atomic mass is 35.5. The third kappa shape index (κ3) is 12.4. The van der Waals surface area contributed by atoms with Crippen molar-refractivity contribution in [2.45, 2.75) is 64.2 Å². The highest BCUT2D eigenvalue weighted by molar-refractivity contribution is 7.98. The van der Waals surface area contributed by atoms with E-state index in [4.69, 9.17) is 65.8 Å². The van der Waals surface area contributed by atoms with Gasteiger partial charge < -0.3 is 29.9 Å². The second-order valence-electron chi connectivity index (χ2n) is 15.0. The number of thioether (sulfide) groups is 1. The van der Waals surface area contributed by atoms with Gasteiger partial charge in [0, 0.05) is 46.3 Å². The molecule has 0 radical (unpaired) electrons. The molecule has 0 saturated carbocycles. The molecule has 0 unspecified atom stereocenters. The predicted molar refractivity (Wildman–Crippen MR) is 261 cm³/mol. The van der Waals surface area contributed by atoms with E-state index in [2.05, 4.69) is 30.4 Å². The fourth-order valence-corrected chi connectivity index (χ4v) is 10.6. The standard InChI is InChI=1S/C27H33Cl2N5O2S.C17H15Cl2N3O2S2/c1-2-36-26(35)23-16-21-24(30-17-19-5-6-20(28)15-22(19)29)31-27(32-25(21)37-23)34-13-8-18(9-14-34)7-12-33-10-3-4-11-33;1-3-24-16(23)13-7-11-14(21-17(25-2)22-15(11)26-13)20-8-9-4-5-10(18)6-12(9)19/h5-6,15-16,18H,2-4,7-14,17H2,1H3,(H,30,31,32);4-7H,3,8H2,1-2H3,(H,20,21,22). The molecule has 2 aromatic carbocycles. The summed E-state index contributed by atoms with van der Waals surface area (Å²) >= 11 is 28.7. The number of halogens is 4. The fourth-order valence-electron chi connectivity index (χ4n) is 7.40. The lowest BCUT2D eigenvalue weighted by Crippen LogP contribution is -2.36. The number of likely N-dealkylation sites (tertiary alicyclic amines) is 1. The average molecular weight is 991 g/mol. The molecule has 4 aromatic heterocycles. The monoisotopic (exact) mass is 988 g/mol. The quantitative estimate of drug-likeness (QED) is 0.0575. The Labute approximate surface area is 399 Å². The Hall–Kier alpha value is -3.67. The summed E-state index contributed by atoms with van der Waals surface area (Å²) in [6.45, 7) is 10.8. The molecule has 6 heterocycles. The maximum Gasteiger partial charge on any atom is 0.348 e. The van der Waals surface area contributed by atoms with Crippen molar-refractivity contribution in [2.24, 2.45) is 5.92 Å². The third-order valence-electron chi connectivity index (χ3n) is 10.8. The maximum atomic E-state index is 12.4. The molecule has 2 aliphatic heterocycles. The lowest BCUT2D eigenvalue weighted by atomic mass is 9.93. The van der Waals surface area contributed by atoms with Gasteiger partial charge in [0.15, 0.2) is 5.16 Å². The van der Waals surface area contributed by atoms with E-state index in [9.17, 15) is 9.59 Å². The summed E-state index contributed by atoms with van der Waals surface area (Å²) in [5.41, 5.74) is 1.81. The van der Waals surface area contributed by atoms with Gasteiger partial charge in [0.1, 0.15) is 31.1 Å². The predicted octanol–water partition coefficient (Wildman–Crippen LogP) is 12.0. The van der Waals surface area contributed by atoms with Gasteiger partial charge in [-0.25, -0.2) is 24.5 Å². The summed E-state index contributed by atoms with van der Waals surface area (Å²) in [5, 5.41) is 11.3. The van der Waals surface area contributed by atoms with Crippen molar-refractivity contribution in [3.63, 3.8) is 0 Å². The number of hydrogen-bond acceptors (Lipinski definition) is 15. The first-order valence-electron chi connectivity index (χ1n) is 20.9. The molecule has 2 fully saturated rings. The highest BCUT2D eigenvalue weighted by Gasteiger charge is 2.25. The molecule has 2 saturated heterocycles. The Balaban J connectivity index is 0.000000201. The van der Waals surface area contributed by atoms with Crippen LogP contribution < -0.4 is 15.5 Å². The molecule has 12 nitrogen and oxygen atoms in total. The van der Waals surface area contributed by atoms with Crippen LogP contribution >= 0.6 is 80.8 Å². The van der Waals surface area contributed by atoms with Crippen LogP contribution in [0.2, 0.25) is 20.1 Å². The number of thiophene rings is 2. The third-order valence-corrected chi connectivity index (χ3v) is 14.5. The van der Waals surface area contributed by atoms with E-state index in [0.29, 0.717) is 78.9 Å². The second-order valence-corrected chi connectivity index (χ2v) is 19.5. The van der Waals surface area contributed by atoms with E-state index in [1.807, 2.05) is 30.5 Å². The van der Waals surface area contributed by atoms with Gasteiger partial charge >= 0.3 is 11.9 Å². The molecule has 2 aliphatic rings. The number of hydrogen-bond donors (Lipinski definition) is 2. The fraction of sp³-hybridized carbons (Fsp3) is 0.409. The molecule has 8 rings (SSSR count). The van der Waals surface area contributed by atoms with Crippen molar-refractivity contribution in [2.75, 3.05) is 67.7 Å². The van der Waals surface area contributed by atoms with Crippen LogP contribution in [0.15, 0.2) is 53.7 Å². The molecular formula is C44H48Cl4N8O4S3. The van der Waals surface area contributed by atoms with Gasteiger partial charge in [0.05, 0.1) is 24.0 Å². The largest absolute Gasteiger partial charge is 0.462 e. The number of nitrogens with one attached hydrogen (secondary N) is 2. The zero-order valence-electron chi connectivity index (χ0n) is 35.1. The smallest absolute Gasteiger partial charge is 0.348 e. The first-order valence-corrected chi connectivity index (χ1v) is 25.2. The van der Waals surface area contributed by atoms with Crippen LogP contribution in [-0.4, -0.2) is 89.0 Å². The number of carbonyl (C=O) groups excluding carboxylic acids is 2. The molecule has 63 heavy (non-hydrogen) atoms. The van der Waals surface area contributed by atoms with Crippen LogP contribution in [0.1, 0.15) is 76.4 Å². The van der Waals surface area contributed by atoms with E-state index >= 15 is 0 Å². The molecule has 0 atom stereocenters. The number of fused-ring (bicyclic) bond motifs is 2. The molecular weight excluding hydrogens is 943 g/mol. The van der Waals surface area contributed by atoms with Crippen molar-refractivity contribution >= 4 is 131 Å². The minimum absolute atomic E-state index is 0.328. The summed E-state index contributed by atoms with van der Waals surface area (Å²) in [6, 6.07) is 14.4. The van der Waals surface area contributed by atoms with Crippen LogP contribution in [0.4, 0.5) is 17.6 Å². The van der Waals surface area contributed by atoms with Gasteiger partial charge in [0.25, 0.3) is 0 Å². The number of benzene rings is 2. The molecule has 6 aromatic rings. The van der Waals surface area contributed by atoms with E-state index in [1.165, 1.54) is 73.3 Å². The van der Waals surface area contributed by atoms with Crippen molar-refractivity contribution < 1.29 is 19.1 Å². The van der Waals surface area contributed by atoms with Gasteiger partial charge in [-0.2, -0.15) is 4.98 Å². The Bertz CT molecular complexity index is 2550. The van der Waals surface area contributed by atoms with E-state index in [1.54, 1.807) is 38.1 Å². The van der Waals surface area contributed by atoms with Gasteiger partial charge in [0.2, 0.25) is 5.95 Å². The van der Waals surface area contributed by atoms with E-state index in [0.717, 1.165) is 63.4 Å². The second kappa shape index (κ2) is 22.5. The van der Waals surface area contributed by atoms with Crippen LogP contribution in [0.3, 0.4) is 0 Å². The summed E-state index contributed by atoms with van der Waals surface area (Å²) in [4.78, 5) is 50.7. The molecule has 334 valence electrons. The zero-order valence-corrected chi connectivity index (χ0v) is 40.6. The number of carbonyl (C=O) groups is 2. The number of rotatable bonds is 15. The van der Waals surface area contributed by atoms with Crippen LogP contribution in [-0.2, 0) is 22.6 Å². The lowest BCUT2D eigenvalue weighted by molar-refractivity contribution is 0.0522. The van der Waals surface area contributed by atoms with Crippen LogP contribution in [0, 0.1) is 5.92 Å². The van der Waals surface area contributed by atoms with Gasteiger partial charge in [-0.1, -0.05) is 70.3 Å². The normalized spacial score (nSPS) is 14.5. The van der Waals surface area contributed by atoms with Crippen LogP contribution in [0.25, 0.3) is 20.4 Å². The Morgan fingerprint density at radius 2 is 1.25 bits per heavy atom. The Kier molecular flexibility index (Phi) is 16.9. The number of piperidine rings is 1. The molecule has 0 spiro atoms. The summed E-state index contributed by atoms with van der Waals surface area (Å²) < 4.78 is 10.3.